The Labute approximate surface area is 106 Å². The van der Waals surface area contributed by atoms with E-state index in [2.05, 4.69) is 10.3 Å². The third kappa shape index (κ3) is 2.45. The standard InChI is InChI=1S/C13H18N4O/c1-3-6-15-12(18)8-17-11-5-4-9(2)7-10(11)16-13(17)14/h4-5,7H,3,6,8H2,1-2H3,(H2,14,16)(H,15,18). The summed E-state index contributed by atoms with van der Waals surface area (Å²) in [6.45, 7) is 4.92. The van der Waals surface area contributed by atoms with Gasteiger partial charge in [-0.2, -0.15) is 0 Å². The molecule has 2 aromatic rings. The van der Waals surface area contributed by atoms with Gasteiger partial charge in [0.25, 0.3) is 0 Å². The average Bonchev–Trinajstić information content (AvgIpc) is 2.62. The predicted molar refractivity (Wildman–Crippen MR) is 72.2 cm³/mol. The number of hydrogen-bond acceptors (Lipinski definition) is 3. The molecule has 0 saturated carbocycles. The Morgan fingerprint density at radius 3 is 3.00 bits per heavy atom. The van der Waals surface area contributed by atoms with Crippen LogP contribution in [0, 0.1) is 6.92 Å². The van der Waals surface area contributed by atoms with E-state index >= 15 is 0 Å². The van der Waals surface area contributed by atoms with Gasteiger partial charge < -0.3 is 15.6 Å². The SMILES string of the molecule is CCCNC(=O)Cn1c(N)nc2cc(C)ccc21. The molecule has 0 radical (unpaired) electrons. The van der Waals surface area contributed by atoms with E-state index in [1.807, 2.05) is 32.0 Å². The first-order valence-electron chi connectivity index (χ1n) is 6.11. The fourth-order valence-corrected chi connectivity index (χ4v) is 1.89. The minimum absolute atomic E-state index is 0.0385. The van der Waals surface area contributed by atoms with E-state index in [9.17, 15) is 4.79 Å². The first kappa shape index (κ1) is 12.4. The van der Waals surface area contributed by atoms with Gasteiger partial charge in [-0.3, -0.25) is 4.79 Å². The Morgan fingerprint density at radius 2 is 2.28 bits per heavy atom. The predicted octanol–water partition coefficient (Wildman–Crippen LogP) is 1.45. The molecule has 0 spiro atoms. The summed E-state index contributed by atoms with van der Waals surface area (Å²) in [5.74, 6) is 0.339. The molecule has 1 heterocycles. The highest BCUT2D eigenvalue weighted by molar-refractivity contribution is 5.83. The average molecular weight is 246 g/mol. The van der Waals surface area contributed by atoms with Crippen LogP contribution in [0.1, 0.15) is 18.9 Å². The number of nitrogen functional groups attached to an aromatic ring is 1. The van der Waals surface area contributed by atoms with Gasteiger partial charge in [0.05, 0.1) is 11.0 Å². The molecule has 2 rings (SSSR count). The lowest BCUT2D eigenvalue weighted by atomic mass is 10.2. The zero-order valence-electron chi connectivity index (χ0n) is 10.7. The highest BCUT2D eigenvalue weighted by Crippen LogP contribution is 2.18. The van der Waals surface area contributed by atoms with Crippen molar-refractivity contribution in [3.05, 3.63) is 23.8 Å². The fraction of sp³-hybridized carbons (Fsp3) is 0.385. The van der Waals surface area contributed by atoms with Gasteiger partial charge in [0, 0.05) is 6.54 Å². The van der Waals surface area contributed by atoms with Gasteiger partial charge in [0.1, 0.15) is 6.54 Å². The number of hydrogen-bond donors (Lipinski definition) is 2. The minimum Gasteiger partial charge on any atom is -0.369 e. The molecule has 0 aliphatic rings. The number of benzene rings is 1. The number of amides is 1. The first-order chi connectivity index (χ1) is 8.61. The van der Waals surface area contributed by atoms with Crippen molar-refractivity contribution < 1.29 is 4.79 Å². The van der Waals surface area contributed by atoms with Crippen LogP contribution in [-0.2, 0) is 11.3 Å². The van der Waals surface area contributed by atoms with Crippen molar-refractivity contribution in [1.29, 1.82) is 0 Å². The van der Waals surface area contributed by atoms with Crippen molar-refractivity contribution in [2.24, 2.45) is 0 Å². The van der Waals surface area contributed by atoms with Gasteiger partial charge >= 0.3 is 0 Å². The number of aryl methyl sites for hydroxylation is 1. The van der Waals surface area contributed by atoms with Crippen LogP contribution >= 0.6 is 0 Å². The number of fused-ring (bicyclic) bond motifs is 1. The van der Waals surface area contributed by atoms with Crippen molar-refractivity contribution in [3.8, 4) is 0 Å². The van der Waals surface area contributed by atoms with Crippen molar-refractivity contribution in [2.75, 3.05) is 12.3 Å². The van der Waals surface area contributed by atoms with E-state index in [0.29, 0.717) is 12.5 Å². The normalized spacial score (nSPS) is 10.8. The number of anilines is 1. The summed E-state index contributed by atoms with van der Waals surface area (Å²) < 4.78 is 1.74. The van der Waals surface area contributed by atoms with Gasteiger partial charge in [0.2, 0.25) is 11.9 Å². The van der Waals surface area contributed by atoms with Gasteiger partial charge in [0.15, 0.2) is 0 Å². The van der Waals surface area contributed by atoms with E-state index in [-0.39, 0.29) is 12.5 Å². The maximum absolute atomic E-state index is 11.7. The van der Waals surface area contributed by atoms with Gasteiger partial charge in [-0.25, -0.2) is 4.98 Å². The van der Waals surface area contributed by atoms with Gasteiger partial charge in [-0.1, -0.05) is 13.0 Å². The fourth-order valence-electron chi connectivity index (χ4n) is 1.89. The van der Waals surface area contributed by atoms with Crippen molar-refractivity contribution >= 4 is 22.9 Å². The molecule has 0 aliphatic carbocycles. The number of nitrogens with two attached hydrogens (primary N) is 1. The molecule has 0 unspecified atom stereocenters. The maximum Gasteiger partial charge on any atom is 0.240 e. The summed E-state index contributed by atoms with van der Waals surface area (Å²) in [6.07, 6.45) is 0.922. The number of carbonyl (C=O) groups is 1. The molecule has 5 heteroatoms. The third-order valence-electron chi connectivity index (χ3n) is 2.81. The number of nitrogens with one attached hydrogen (secondary N) is 1. The van der Waals surface area contributed by atoms with Crippen LogP contribution in [0.2, 0.25) is 0 Å². The Morgan fingerprint density at radius 1 is 1.50 bits per heavy atom. The molecule has 0 saturated heterocycles. The Hall–Kier alpha value is -2.04. The van der Waals surface area contributed by atoms with E-state index in [1.54, 1.807) is 4.57 Å². The zero-order chi connectivity index (χ0) is 13.1. The van der Waals surface area contributed by atoms with Crippen LogP contribution in [0.3, 0.4) is 0 Å². The molecule has 3 N–H and O–H groups in total. The van der Waals surface area contributed by atoms with E-state index in [4.69, 9.17) is 5.73 Å². The summed E-state index contributed by atoms with van der Waals surface area (Å²) in [4.78, 5) is 16.0. The Balaban J connectivity index is 2.27. The van der Waals surface area contributed by atoms with Crippen molar-refractivity contribution in [1.82, 2.24) is 14.9 Å². The quantitative estimate of drug-likeness (QED) is 0.857. The summed E-state index contributed by atoms with van der Waals surface area (Å²) in [7, 11) is 0. The third-order valence-corrected chi connectivity index (χ3v) is 2.81. The largest absolute Gasteiger partial charge is 0.369 e. The molecular formula is C13H18N4O. The van der Waals surface area contributed by atoms with Gasteiger partial charge in [-0.05, 0) is 31.0 Å². The van der Waals surface area contributed by atoms with Gasteiger partial charge in [-0.15, -0.1) is 0 Å². The minimum atomic E-state index is -0.0385. The highest BCUT2D eigenvalue weighted by Gasteiger charge is 2.11. The van der Waals surface area contributed by atoms with Crippen molar-refractivity contribution in [3.63, 3.8) is 0 Å². The molecule has 1 amide bonds. The second kappa shape index (κ2) is 5.08. The lowest BCUT2D eigenvalue weighted by Crippen LogP contribution is -2.28. The molecule has 0 aliphatic heterocycles. The lowest BCUT2D eigenvalue weighted by Gasteiger charge is -2.07. The second-order valence-electron chi connectivity index (χ2n) is 4.40. The van der Waals surface area contributed by atoms with Crippen LogP contribution in [0.5, 0.6) is 0 Å². The molecular weight excluding hydrogens is 228 g/mol. The second-order valence-corrected chi connectivity index (χ2v) is 4.40. The van der Waals surface area contributed by atoms with E-state index < -0.39 is 0 Å². The molecule has 96 valence electrons. The number of carbonyl (C=O) groups excluding carboxylic acids is 1. The van der Waals surface area contributed by atoms with Crippen molar-refractivity contribution in [2.45, 2.75) is 26.8 Å². The molecule has 0 bridgehead atoms. The summed E-state index contributed by atoms with van der Waals surface area (Å²) in [5.41, 5.74) is 8.70. The summed E-state index contributed by atoms with van der Waals surface area (Å²) >= 11 is 0. The van der Waals surface area contributed by atoms with Crippen LogP contribution in [0.25, 0.3) is 11.0 Å². The molecule has 18 heavy (non-hydrogen) atoms. The molecule has 0 atom stereocenters. The van der Waals surface area contributed by atoms with Crippen LogP contribution < -0.4 is 11.1 Å². The van der Waals surface area contributed by atoms with Crippen LogP contribution in [-0.4, -0.2) is 22.0 Å². The number of imidazole rings is 1. The highest BCUT2D eigenvalue weighted by atomic mass is 16.1. The molecule has 5 nitrogen and oxygen atoms in total. The maximum atomic E-state index is 11.7. The number of aromatic nitrogens is 2. The number of rotatable bonds is 4. The van der Waals surface area contributed by atoms with Crippen LogP contribution in [0.15, 0.2) is 18.2 Å². The molecule has 0 fully saturated rings. The summed E-state index contributed by atoms with van der Waals surface area (Å²) in [6, 6.07) is 5.90. The number of nitrogens with zero attached hydrogens (tertiary/aromatic N) is 2. The zero-order valence-corrected chi connectivity index (χ0v) is 10.7. The van der Waals surface area contributed by atoms with Crippen LogP contribution in [0.4, 0.5) is 5.95 Å². The smallest absolute Gasteiger partial charge is 0.240 e. The first-order valence-corrected chi connectivity index (χ1v) is 6.11. The molecule has 1 aromatic heterocycles. The van der Waals surface area contributed by atoms with E-state index in [1.165, 1.54) is 0 Å². The van der Waals surface area contributed by atoms with E-state index in [0.717, 1.165) is 23.0 Å². The monoisotopic (exact) mass is 246 g/mol. The topological polar surface area (TPSA) is 72.9 Å². The summed E-state index contributed by atoms with van der Waals surface area (Å²) in [5, 5.41) is 2.83. The Bertz CT molecular complexity index is 574. The Kier molecular flexibility index (Phi) is 3.50. The molecule has 1 aromatic carbocycles. The lowest BCUT2D eigenvalue weighted by molar-refractivity contribution is -0.121.